The van der Waals surface area contributed by atoms with Gasteiger partial charge in [0.15, 0.2) is 5.82 Å². The molecule has 1 aromatic rings. The number of rotatable bonds is 7. The lowest BCUT2D eigenvalue weighted by atomic mass is 9.96. The van der Waals surface area contributed by atoms with Crippen LogP contribution in [0.15, 0.2) is 6.33 Å². The van der Waals surface area contributed by atoms with Crippen molar-refractivity contribution in [3.05, 3.63) is 12.2 Å². The molecule has 1 unspecified atom stereocenters. The molecule has 0 aliphatic heterocycles. The van der Waals surface area contributed by atoms with Gasteiger partial charge in [-0.2, -0.15) is 5.10 Å². The van der Waals surface area contributed by atoms with Crippen molar-refractivity contribution in [1.29, 1.82) is 0 Å². The molecule has 1 amide bonds. The molecule has 0 saturated heterocycles. The van der Waals surface area contributed by atoms with Gasteiger partial charge >= 0.3 is 6.09 Å². The van der Waals surface area contributed by atoms with E-state index in [9.17, 15) is 4.79 Å². The highest BCUT2D eigenvalue weighted by Crippen LogP contribution is 2.10. The summed E-state index contributed by atoms with van der Waals surface area (Å²) in [5, 5.41) is 10.4. The van der Waals surface area contributed by atoms with E-state index < -0.39 is 5.60 Å². The Morgan fingerprint density at radius 1 is 1.36 bits per heavy atom. The van der Waals surface area contributed by atoms with Crippen molar-refractivity contribution in [3.8, 4) is 0 Å². The molecule has 1 rings (SSSR count). The summed E-state index contributed by atoms with van der Waals surface area (Å²) in [6.07, 6.45) is 1.31. The Kier molecular flexibility index (Phi) is 6.80. The molecule has 1 heterocycles. The van der Waals surface area contributed by atoms with E-state index in [1.54, 1.807) is 11.0 Å². The fraction of sp³-hybridized carbons (Fsp3) is 0.800. The number of aryl methyl sites for hydroxylation is 1. The van der Waals surface area contributed by atoms with Crippen molar-refractivity contribution < 1.29 is 9.53 Å². The molecule has 0 spiro atoms. The number of hydrogen-bond donors (Lipinski definition) is 2. The molecule has 0 fully saturated rings. The van der Waals surface area contributed by atoms with Crippen LogP contribution < -0.4 is 10.6 Å². The van der Waals surface area contributed by atoms with Crippen molar-refractivity contribution >= 4 is 6.09 Å². The summed E-state index contributed by atoms with van der Waals surface area (Å²) in [6, 6.07) is 0. The Morgan fingerprint density at radius 2 is 2.05 bits per heavy atom. The largest absolute Gasteiger partial charge is 0.444 e. The molecule has 0 aliphatic carbocycles. The van der Waals surface area contributed by atoms with Crippen molar-refractivity contribution in [2.45, 2.75) is 46.8 Å². The quantitative estimate of drug-likeness (QED) is 0.801. The number of ether oxygens (including phenoxy) is 1. The van der Waals surface area contributed by atoms with E-state index in [0.29, 0.717) is 24.9 Å². The fourth-order valence-electron chi connectivity index (χ4n) is 1.91. The average molecular weight is 311 g/mol. The molecule has 2 N–H and O–H groups in total. The maximum absolute atomic E-state index is 11.7. The van der Waals surface area contributed by atoms with E-state index in [4.69, 9.17) is 4.74 Å². The van der Waals surface area contributed by atoms with Crippen LogP contribution in [-0.2, 0) is 18.3 Å². The molecule has 126 valence electrons. The lowest BCUT2D eigenvalue weighted by Crippen LogP contribution is -2.39. The number of carbonyl (C=O) groups is 1. The predicted octanol–water partition coefficient (Wildman–Crippen LogP) is 1.70. The predicted molar refractivity (Wildman–Crippen MR) is 85.3 cm³/mol. The normalized spacial score (nSPS) is 13.2. The van der Waals surface area contributed by atoms with Crippen LogP contribution in [0.1, 0.15) is 40.4 Å². The van der Waals surface area contributed by atoms with Gasteiger partial charge in [0.1, 0.15) is 11.9 Å². The standard InChI is InChI=1S/C15H29N5O2/c1-11(2)12(8-17-14(21)22-15(3,4)5)7-16-9-13-18-10-20(6)19-13/h10-12,16H,7-9H2,1-6H3,(H,17,21). The van der Waals surface area contributed by atoms with E-state index in [1.807, 2.05) is 27.8 Å². The summed E-state index contributed by atoms with van der Waals surface area (Å²) in [5.74, 6) is 1.53. The van der Waals surface area contributed by atoms with Gasteiger partial charge in [-0.1, -0.05) is 13.8 Å². The first kappa shape index (κ1) is 18.4. The SMILES string of the molecule is CC(C)C(CNCc1ncn(C)n1)CNC(=O)OC(C)(C)C. The van der Waals surface area contributed by atoms with Gasteiger partial charge in [0.05, 0.1) is 6.54 Å². The second-order valence-corrected chi connectivity index (χ2v) is 6.85. The molecular formula is C15H29N5O2. The van der Waals surface area contributed by atoms with E-state index in [-0.39, 0.29) is 6.09 Å². The molecule has 1 atom stereocenters. The molecule has 0 radical (unpaired) electrons. The van der Waals surface area contributed by atoms with Gasteiger partial charge in [0.2, 0.25) is 0 Å². The third kappa shape index (κ3) is 7.40. The zero-order chi connectivity index (χ0) is 16.8. The summed E-state index contributed by atoms with van der Waals surface area (Å²) in [4.78, 5) is 15.9. The first-order chi connectivity index (χ1) is 10.2. The molecule has 7 heteroatoms. The zero-order valence-corrected chi connectivity index (χ0v) is 14.5. The van der Waals surface area contributed by atoms with Crippen LogP contribution in [-0.4, -0.2) is 39.5 Å². The number of nitrogens with zero attached hydrogens (tertiary/aromatic N) is 3. The van der Waals surface area contributed by atoms with E-state index in [1.165, 1.54) is 0 Å². The zero-order valence-electron chi connectivity index (χ0n) is 14.5. The first-order valence-corrected chi connectivity index (χ1v) is 7.69. The van der Waals surface area contributed by atoms with Crippen molar-refractivity contribution in [2.75, 3.05) is 13.1 Å². The van der Waals surface area contributed by atoms with Gasteiger partial charge in [-0.25, -0.2) is 9.78 Å². The summed E-state index contributed by atoms with van der Waals surface area (Å²) in [6.45, 7) is 11.8. The molecule has 7 nitrogen and oxygen atoms in total. The van der Waals surface area contributed by atoms with Gasteiger partial charge in [-0.15, -0.1) is 0 Å². The van der Waals surface area contributed by atoms with E-state index in [0.717, 1.165) is 12.4 Å². The highest BCUT2D eigenvalue weighted by Gasteiger charge is 2.19. The molecule has 1 aromatic heterocycles. The smallest absolute Gasteiger partial charge is 0.407 e. The van der Waals surface area contributed by atoms with Crippen molar-refractivity contribution in [2.24, 2.45) is 18.9 Å². The second kappa shape index (κ2) is 8.12. The number of amides is 1. The molecule has 0 aliphatic rings. The fourth-order valence-corrected chi connectivity index (χ4v) is 1.91. The molecule has 0 bridgehead atoms. The molecule has 22 heavy (non-hydrogen) atoms. The molecular weight excluding hydrogens is 282 g/mol. The molecule has 0 saturated carbocycles. The van der Waals surface area contributed by atoms with Gasteiger partial charge < -0.3 is 15.4 Å². The summed E-state index contributed by atoms with van der Waals surface area (Å²) >= 11 is 0. The summed E-state index contributed by atoms with van der Waals surface area (Å²) in [5.41, 5.74) is -0.472. The summed E-state index contributed by atoms with van der Waals surface area (Å²) in [7, 11) is 1.85. The van der Waals surface area contributed by atoms with Gasteiger partial charge in [-0.05, 0) is 32.6 Å². The third-order valence-electron chi connectivity index (χ3n) is 3.19. The first-order valence-electron chi connectivity index (χ1n) is 7.69. The highest BCUT2D eigenvalue weighted by molar-refractivity contribution is 5.67. The number of carbonyl (C=O) groups excluding carboxylic acids is 1. The topological polar surface area (TPSA) is 81.1 Å². The molecule has 0 aromatic carbocycles. The number of hydrogen-bond acceptors (Lipinski definition) is 5. The lowest BCUT2D eigenvalue weighted by molar-refractivity contribution is 0.0515. The average Bonchev–Trinajstić information content (AvgIpc) is 2.76. The number of alkyl carbamates (subject to hydrolysis) is 1. The van der Waals surface area contributed by atoms with E-state index in [2.05, 4.69) is 34.6 Å². The number of nitrogens with one attached hydrogen (secondary N) is 2. The lowest BCUT2D eigenvalue weighted by Gasteiger charge is -2.24. The van der Waals surface area contributed by atoms with Gasteiger partial charge in [0, 0.05) is 20.1 Å². The maximum atomic E-state index is 11.7. The van der Waals surface area contributed by atoms with Gasteiger partial charge in [-0.3, -0.25) is 4.68 Å². The van der Waals surface area contributed by atoms with Crippen molar-refractivity contribution in [1.82, 2.24) is 25.4 Å². The Balaban J connectivity index is 2.34. The minimum absolute atomic E-state index is 0.316. The van der Waals surface area contributed by atoms with Crippen LogP contribution in [0.2, 0.25) is 0 Å². The maximum Gasteiger partial charge on any atom is 0.407 e. The van der Waals surface area contributed by atoms with Crippen LogP contribution in [0, 0.1) is 11.8 Å². The van der Waals surface area contributed by atoms with Crippen LogP contribution in [0.5, 0.6) is 0 Å². The highest BCUT2D eigenvalue weighted by atomic mass is 16.6. The van der Waals surface area contributed by atoms with Crippen LogP contribution in [0.3, 0.4) is 0 Å². The van der Waals surface area contributed by atoms with Crippen LogP contribution >= 0.6 is 0 Å². The number of aromatic nitrogens is 3. The Bertz CT molecular complexity index is 465. The van der Waals surface area contributed by atoms with Crippen LogP contribution in [0.4, 0.5) is 4.79 Å². The monoisotopic (exact) mass is 311 g/mol. The van der Waals surface area contributed by atoms with E-state index >= 15 is 0 Å². The van der Waals surface area contributed by atoms with Gasteiger partial charge in [0.25, 0.3) is 0 Å². The Morgan fingerprint density at radius 3 is 2.55 bits per heavy atom. The second-order valence-electron chi connectivity index (χ2n) is 6.85. The van der Waals surface area contributed by atoms with Crippen LogP contribution in [0.25, 0.3) is 0 Å². The third-order valence-corrected chi connectivity index (χ3v) is 3.19. The minimum Gasteiger partial charge on any atom is -0.444 e. The Labute approximate surface area is 132 Å². The Hall–Kier alpha value is -1.63. The summed E-state index contributed by atoms with van der Waals surface area (Å²) < 4.78 is 6.93. The van der Waals surface area contributed by atoms with Crippen molar-refractivity contribution in [3.63, 3.8) is 0 Å². The minimum atomic E-state index is -0.472.